The van der Waals surface area contributed by atoms with Crippen LogP contribution in [0.2, 0.25) is 0 Å². The van der Waals surface area contributed by atoms with Crippen LogP contribution < -0.4 is 10.1 Å². The van der Waals surface area contributed by atoms with Gasteiger partial charge in [-0.05, 0) is 36.3 Å². The van der Waals surface area contributed by atoms with E-state index < -0.39 is 0 Å². The molecule has 0 spiro atoms. The number of methoxy groups -OCH3 is 1. The fourth-order valence-corrected chi connectivity index (χ4v) is 3.53. The maximum Gasteiger partial charge on any atom is 0.120 e. The summed E-state index contributed by atoms with van der Waals surface area (Å²) < 4.78 is 5.25. The van der Waals surface area contributed by atoms with Gasteiger partial charge in [-0.15, -0.1) is 0 Å². The Morgan fingerprint density at radius 3 is 2.68 bits per heavy atom. The fraction of sp³-hybridized carbons (Fsp3) is 0.625. The van der Waals surface area contributed by atoms with Crippen molar-refractivity contribution in [1.29, 1.82) is 0 Å². The van der Waals surface area contributed by atoms with E-state index in [1.165, 1.54) is 0 Å². The van der Waals surface area contributed by atoms with Gasteiger partial charge in [0, 0.05) is 11.8 Å². The minimum absolute atomic E-state index is 0.162. The summed E-state index contributed by atoms with van der Waals surface area (Å²) >= 11 is 0. The van der Waals surface area contributed by atoms with Crippen LogP contribution in [0.5, 0.6) is 5.75 Å². The molecule has 3 nitrogen and oxygen atoms in total. The molecule has 0 amide bonds. The smallest absolute Gasteiger partial charge is 0.120 e. The van der Waals surface area contributed by atoms with Crippen molar-refractivity contribution in [3.63, 3.8) is 0 Å². The molecule has 19 heavy (non-hydrogen) atoms. The SMILES string of the molecule is COc1cccc(NC2(CO)CC(C)(C)CC2C)c1. The molecular weight excluding hydrogens is 238 g/mol. The predicted octanol–water partition coefficient (Wildman–Crippen LogP) is 3.29. The lowest BCUT2D eigenvalue weighted by atomic mass is 9.86. The van der Waals surface area contributed by atoms with E-state index in [9.17, 15) is 5.11 Å². The Morgan fingerprint density at radius 2 is 2.16 bits per heavy atom. The van der Waals surface area contributed by atoms with Crippen molar-refractivity contribution in [1.82, 2.24) is 0 Å². The van der Waals surface area contributed by atoms with Crippen LogP contribution in [0.4, 0.5) is 5.69 Å². The third kappa shape index (κ3) is 2.86. The molecule has 0 aliphatic heterocycles. The van der Waals surface area contributed by atoms with Gasteiger partial charge in [0.1, 0.15) is 5.75 Å². The van der Waals surface area contributed by atoms with E-state index in [1.807, 2.05) is 24.3 Å². The first-order valence-electron chi connectivity index (χ1n) is 6.94. The molecule has 1 saturated carbocycles. The quantitative estimate of drug-likeness (QED) is 0.876. The van der Waals surface area contributed by atoms with Crippen molar-refractivity contribution in [2.45, 2.75) is 39.2 Å². The van der Waals surface area contributed by atoms with Gasteiger partial charge >= 0.3 is 0 Å². The fourth-order valence-electron chi connectivity index (χ4n) is 3.53. The third-order valence-corrected chi connectivity index (χ3v) is 4.34. The Balaban J connectivity index is 2.23. The maximum absolute atomic E-state index is 9.91. The molecule has 2 rings (SSSR count). The molecular formula is C16H25NO2. The summed E-state index contributed by atoms with van der Waals surface area (Å²) in [5.74, 6) is 1.28. The zero-order valence-electron chi connectivity index (χ0n) is 12.4. The minimum atomic E-state index is -0.226. The first-order valence-corrected chi connectivity index (χ1v) is 6.94. The van der Waals surface area contributed by atoms with Crippen molar-refractivity contribution in [3.8, 4) is 5.75 Å². The lowest BCUT2D eigenvalue weighted by Crippen LogP contribution is -2.45. The Labute approximate surface area is 116 Å². The summed E-state index contributed by atoms with van der Waals surface area (Å²) in [6.45, 7) is 6.93. The first kappa shape index (κ1) is 14.2. The van der Waals surface area contributed by atoms with Crippen molar-refractivity contribution in [2.24, 2.45) is 11.3 Å². The van der Waals surface area contributed by atoms with Gasteiger partial charge in [0.2, 0.25) is 0 Å². The van der Waals surface area contributed by atoms with Crippen LogP contribution in [0.25, 0.3) is 0 Å². The van der Waals surface area contributed by atoms with E-state index in [1.54, 1.807) is 7.11 Å². The minimum Gasteiger partial charge on any atom is -0.497 e. The highest BCUT2D eigenvalue weighted by atomic mass is 16.5. The number of nitrogens with one attached hydrogen (secondary N) is 1. The van der Waals surface area contributed by atoms with Crippen molar-refractivity contribution < 1.29 is 9.84 Å². The van der Waals surface area contributed by atoms with Gasteiger partial charge in [-0.25, -0.2) is 0 Å². The van der Waals surface area contributed by atoms with E-state index in [0.29, 0.717) is 5.92 Å². The van der Waals surface area contributed by atoms with Crippen LogP contribution in [0, 0.1) is 11.3 Å². The highest BCUT2D eigenvalue weighted by Gasteiger charge is 2.48. The number of aliphatic hydroxyl groups excluding tert-OH is 1. The molecule has 0 radical (unpaired) electrons. The summed E-state index contributed by atoms with van der Waals surface area (Å²) in [6.07, 6.45) is 2.11. The van der Waals surface area contributed by atoms with Gasteiger partial charge in [-0.1, -0.05) is 26.8 Å². The molecule has 1 aromatic carbocycles. The molecule has 2 N–H and O–H groups in total. The molecule has 0 aromatic heterocycles. The molecule has 106 valence electrons. The molecule has 1 aromatic rings. The van der Waals surface area contributed by atoms with Crippen molar-refractivity contribution in [2.75, 3.05) is 19.0 Å². The van der Waals surface area contributed by atoms with Crippen LogP contribution in [0.3, 0.4) is 0 Å². The number of anilines is 1. The largest absolute Gasteiger partial charge is 0.497 e. The number of aliphatic hydroxyl groups is 1. The average Bonchev–Trinajstić information content (AvgIpc) is 2.59. The van der Waals surface area contributed by atoms with E-state index >= 15 is 0 Å². The summed E-state index contributed by atoms with van der Waals surface area (Å²) in [5.41, 5.74) is 1.06. The van der Waals surface area contributed by atoms with E-state index in [4.69, 9.17) is 4.74 Å². The Bertz CT molecular complexity index is 444. The molecule has 1 aliphatic rings. The summed E-state index contributed by atoms with van der Waals surface area (Å²) in [4.78, 5) is 0. The van der Waals surface area contributed by atoms with Gasteiger partial charge in [0.15, 0.2) is 0 Å². The Morgan fingerprint density at radius 1 is 1.42 bits per heavy atom. The molecule has 3 heteroatoms. The van der Waals surface area contributed by atoms with Crippen molar-refractivity contribution in [3.05, 3.63) is 24.3 Å². The molecule has 0 saturated heterocycles. The second kappa shape index (κ2) is 5.04. The summed E-state index contributed by atoms with van der Waals surface area (Å²) in [6, 6.07) is 7.91. The maximum atomic E-state index is 9.91. The van der Waals surface area contributed by atoms with Crippen LogP contribution in [0.15, 0.2) is 24.3 Å². The van der Waals surface area contributed by atoms with Crippen LogP contribution in [0.1, 0.15) is 33.6 Å². The zero-order valence-corrected chi connectivity index (χ0v) is 12.4. The highest BCUT2D eigenvalue weighted by Crippen LogP contribution is 2.48. The number of hydrogen-bond donors (Lipinski definition) is 2. The van der Waals surface area contributed by atoms with Gasteiger partial charge in [-0.3, -0.25) is 0 Å². The molecule has 2 unspecified atom stereocenters. The summed E-state index contributed by atoms with van der Waals surface area (Å²) in [7, 11) is 1.67. The number of ether oxygens (including phenoxy) is 1. The van der Waals surface area contributed by atoms with E-state index in [0.717, 1.165) is 24.3 Å². The number of rotatable bonds is 4. The van der Waals surface area contributed by atoms with Gasteiger partial charge < -0.3 is 15.2 Å². The van der Waals surface area contributed by atoms with Gasteiger partial charge in [0.05, 0.1) is 19.3 Å². The third-order valence-electron chi connectivity index (χ3n) is 4.34. The Kier molecular flexibility index (Phi) is 3.77. The topological polar surface area (TPSA) is 41.5 Å². The second-order valence-corrected chi connectivity index (χ2v) is 6.62. The predicted molar refractivity (Wildman–Crippen MR) is 78.6 cm³/mol. The molecule has 1 fully saturated rings. The lowest BCUT2D eigenvalue weighted by molar-refractivity contribution is 0.179. The first-order chi connectivity index (χ1) is 8.91. The monoisotopic (exact) mass is 263 g/mol. The molecule has 2 atom stereocenters. The normalized spacial score (nSPS) is 29.2. The van der Waals surface area contributed by atoms with Gasteiger partial charge in [0.25, 0.3) is 0 Å². The summed E-state index contributed by atoms with van der Waals surface area (Å²) in [5, 5.41) is 13.5. The van der Waals surface area contributed by atoms with Crippen LogP contribution >= 0.6 is 0 Å². The zero-order chi connectivity index (χ0) is 14.1. The van der Waals surface area contributed by atoms with Crippen molar-refractivity contribution >= 4 is 5.69 Å². The Hall–Kier alpha value is -1.22. The standard InChI is InChI=1S/C16H25NO2/c1-12-9-15(2,3)10-16(12,11-18)17-13-6-5-7-14(8-13)19-4/h5-8,12,17-18H,9-11H2,1-4H3. The van der Waals surface area contributed by atoms with Crippen LogP contribution in [-0.2, 0) is 0 Å². The van der Waals surface area contributed by atoms with E-state index in [2.05, 4.69) is 26.1 Å². The molecule has 0 heterocycles. The highest BCUT2D eigenvalue weighted by molar-refractivity contribution is 5.50. The lowest BCUT2D eigenvalue weighted by Gasteiger charge is -2.35. The second-order valence-electron chi connectivity index (χ2n) is 6.62. The average molecular weight is 263 g/mol. The number of hydrogen-bond acceptors (Lipinski definition) is 3. The molecule has 1 aliphatic carbocycles. The van der Waals surface area contributed by atoms with Crippen LogP contribution in [-0.4, -0.2) is 24.4 Å². The van der Waals surface area contributed by atoms with E-state index in [-0.39, 0.29) is 17.6 Å². The molecule has 0 bridgehead atoms. The van der Waals surface area contributed by atoms with Gasteiger partial charge in [-0.2, -0.15) is 0 Å². The number of benzene rings is 1.